The predicted octanol–water partition coefficient (Wildman–Crippen LogP) is 3.70. The van der Waals surface area contributed by atoms with Gasteiger partial charge in [-0.1, -0.05) is 25.1 Å². The lowest BCUT2D eigenvalue weighted by Gasteiger charge is -2.19. The maximum absolute atomic E-state index is 13.7. The van der Waals surface area contributed by atoms with Crippen LogP contribution in [0.4, 0.5) is 15.8 Å². The van der Waals surface area contributed by atoms with Crippen LogP contribution in [-0.4, -0.2) is 18.9 Å². The van der Waals surface area contributed by atoms with Crippen molar-refractivity contribution in [1.82, 2.24) is 0 Å². The molecule has 124 valence electrons. The van der Waals surface area contributed by atoms with Gasteiger partial charge in [-0.2, -0.15) is 0 Å². The molecule has 2 atom stereocenters. The van der Waals surface area contributed by atoms with E-state index in [0.29, 0.717) is 17.3 Å². The van der Waals surface area contributed by atoms with E-state index < -0.39 is 5.82 Å². The fraction of sp³-hybridized carbons (Fsp3) is 0.263. The van der Waals surface area contributed by atoms with E-state index in [2.05, 4.69) is 5.32 Å². The summed E-state index contributed by atoms with van der Waals surface area (Å²) < 4.78 is 13.7. The van der Waals surface area contributed by atoms with E-state index in [1.807, 2.05) is 25.1 Å². The number of anilines is 2. The molecule has 24 heavy (non-hydrogen) atoms. The molecular formula is C19H19FN2O2. The Bertz CT molecular complexity index is 776. The van der Waals surface area contributed by atoms with Crippen molar-refractivity contribution >= 4 is 23.2 Å². The number of amides is 2. The van der Waals surface area contributed by atoms with Crippen LogP contribution in [-0.2, 0) is 4.79 Å². The third kappa shape index (κ3) is 3.30. The number of hydrogen-bond donors (Lipinski definition) is 1. The van der Waals surface area contributed by atoms with E-state index in [1.165, 1.54) is 17.0 Å². The summed E-state index contributed by atoms with van der Waals surface area (Å²) in [7, 11) is 1.62. The number of carbonyl (C=O) groups is 2. The summed E-state index contributed by atoms with van der Waals surface area (Å²) >= 11 is 0. The SMILES string of the molecule is C[C@H]1C[C@@H]1C(=O)Nc1ccc(F)cc1C(=O)N(C)c1ccccc1. The second-order valence-electron chi connectivity index (χ2n) is 6.20. The second kappa shape index (κ2) is 6.43. The molecule has 0 spiro atoms. The zero-order valence-corrected chi connectivity index (χ0v) is 13.6. The smallest absolute Gasteiger partial charge is 0.260 e. The fourth-order valence-corrected chi connectivity index (χ4v) is 2.66. The van der Waals surface area contributed by atoms with Gasteiger partial charge in [0.2, 0.25) is 5.91 Å². The van der Waals surface area contributed by atoms with Crippen molar-refractivity contribution in [2.75, 3.05) is 17.3 Å². The molecule has 1 aliphatic rings. The maximum Gasteiger partial charge on any atom is 0.260 e. The summed E-state index contributed by atoms with van der Waals surface area (Å²) in [5.41, 5.74) is 1.18. The molecule has 2 aromatic rings. The quantitative estimate of drug-likeness (QED) is 0.931. The summed E-state index contributed by atoms with van der Waals surface area (Å²) in [6.07, 6.45) is 0.847. The van der Waals surface area contributed by atoms with Crippen molar-refractivity contribution in [2.45, 2.75) is 13.3 Å². The summed E-state index contributed by atoms with van der Waals surface area (Å²) in [5, 5.41) is 2.76. The van der Waals surface area contributed by atoms with Crippen LogP contribution in [0, 0.1) is 17.7 Å². The minimum Gasteiger partial charge on any atom is -0.325 e. The molecule has 1 N–H and O–H groups in total. The van der Waals surface area contributed by atoms with Gasteiger partial charge in [-0.05, 0) is 42.7 Å². The fourth-order valence-electron chi connectivity index (χ4n) is 2.66. The van der Waals surface area contributed by atoms with E-state index in [-0.39, 0.29) is 23.3 Å². The van der Waals surface area contributed by atoms with Crippen molar-refractivity contribution in [2.24, 2.45) is 11.8 Å². The van der Waals surface area contributed by atoms with Gasteiger partial charge in [0, 0.05) is 18.7 Å². The molecule has 1 saturated carbocycles. The van der Waals surface area contributed by atoms with Crippen LogP contribution in [0.15, 0.2) is 48.5 Å². The number of benzene rings is 2. The molecule has 0 bridgehead atoms. The predicted molar refractivity (Wildman–Crippen MR) is 91.5 cm³/mol. The Morgan fingerprint density at radius 2 is 1.83 bits per heavy atom. The number of carbonyl (C=O) groups excluding carboxylic acids is 2. The number of halogens is 1. The number of para-hydroxylation sites is 1. The Balaban J connectivity index is 1.87. The molecule has 0 saturated heterocycles. The Hall–Kier alpha value is -2.69. The van der Waals surface area contributed by atoms with E-state index in [9.17, 15) is 14.0 Å². The van der Waals surface area contributed by atoms with Gasteiger partial charge in [-0.3, -0.25) is 9.59 Å². The van der Waals surface area contributed by atoms with Crippen LogP contribution in [0.25, 0.3) is 0 Å². The van der Waals surface area contributed by atoms with Crippen molar-refractivity contribution in [3.8, 4) is 0 Å². The largest absolute Gasteiger partial charge is 0.325 e. The van der Waals surface area contributed by atoms with E-state index in [0.717, 1.165) is 12.5 Å². The lowest BCUT2D eigenvalue weighted by molar-refractivity contribution is -0.117. The van der Waals surface area contributed by atoms with E-state index in [4.69, 9.17) is 0 Å². The molecule has 1 aliphatic carbocycles. The highest BCUT2D eigenvalue weighted by atomic mass is 19.1. The molecule has 0 radical (unpaired) electrons. The van der Waals surface area contributed by atoms with Crippen molar-refractivity contribution in [3.63, 3.8) is 0 Å². The van der Waals surface area contributed by atoms with Gasteiger partial charge in [-0.25, -0.2) is 4.39 Å². The number of nitrogens with zero attached hydrogens (tertiary/aromatic N) is 1. The van der Waals surface area contributed by atoms with Gasteiger partial charge in [0.15, 0.2) is 0 Å². The van der Waals surface area contributed by atoms with Crippen molar-refractivity contribution < 1.29 is 14.0 Å². The molecule has 1 fully saturated rings. The number of rotatable bonds is 4. The zero-order valence-electron chi connectivity index (χ0n) is 13.6. The second-order valence-corrected chi connectivity index (χ2v) is 6.20. The topological polar surface area (TPSA) is 49.4 Å². The highest BCUT2D eigenvalue weighted by Gasteiger charge is 2.39. The molecule has 0 aliphatic heterocycles. The summed E-state index contributed by atoms with van der Waals surface area (Å²) in [6, 6.07) is 12.9. The first kappa shape index (κ1) is 16.2. The van der Waals surface area contributed by atoms with E-state index in [1.54, 1.807) is 19.2 Å². The van der Waals surface area contributed by atoms with Crippen LogP contribution in [0.3, 0.4) is 0 Å². The molecule has 0 heterocycles. The molecule has 2 aromatic carbocycles. The monoisotopic (exact) mass is 326 g/mol. The lowest BCUT2D eigenvalue weighted by Crippen LogP contribution is -2.28. The van der Waals surface area contributed by atoms with Gasteiger partial charge in [0.05, 0.1) is 11.3 Å². The lowest BCUT2D eigenvalue weighted by atomic mass is 10.1. The first-order chi connectivity index (χ1) is 11.5. The highest BCUT2D eigenvalue weighted by molar-refractivity contribution is 6.11. The Morgan fingerprint density at radius 1 is 1.17 bits per heavy atom. The molecule has 0 aromatic heterocycles. The third-order valence-electron chi connectivity index (χ3n) is 4.36. The van der Waals surface area contributed by atoms with Gasteiger partial charge < -0.3 is 10.2 Å². The molecule has 3 rings (SSSR count). The molecule has 2 amide bonds. The van der Waals surface area contributed by atoms with Crippen molar-refractivity contribution in [1.29, 1.82) is 0 Å². The van der Waals surface area contributed by atoms with Gasteiger partial charge in [-0.15, -0.1) is 0 Å². The average molecular weight is 326 g/mol. The summed E-state index contributed by atoms with van der Waals surface area (Å²) in [4.78, 5) is 26.3. The molecular weight excluding hydrogens is 307 g/mol. The Labute approximate surface area is 140 Å². The Kier molecular flexibility index (Phi) is 4.34. The first-order valence-electron chi connectivity index (χ1n) is 7.91. The summed E-state index contributed by atoms with van der Waals surface area (Å²) in [6.45, 7) is 2.00. The van der Waals surface area contributed by atoms with Crippen LogP contribution in [0.5, 0.6) is 0 Å². The number of hydrogen-bond acceptors (Lipinski definition) is 2. The zero-order chi connectivity index (χ0) is 17.3. The normalized spacial score (nSPS) is 18.8. The van der Waals surface area contributed by atoms with Crippen LogP contribution < -0.4 is 10.2 Å². The van der Waals surface area contributed by atoms with Crippen LogP contribution >= 0.6 is 0 Å². The Morgan fingerprint density at radius 3 is 2.46 bits per heavy atom. The van der Waals surface area contributed by atoms with Crippen LogP contribution in [0.2, 0.25) is 0 Å². The molecule has 4 nitrogen and oxygen atoms in total. The summed E-state index contributed by atoms with van der Waals surface area (Å²) in [5.74, 6) is -0.676. The van der Waals surface area contributed by atoms with Crippen molar-refractivity contribution in [3.05, 3.63) is 59.9 Å². The molecule has 0 unspecified atom stereocenters. The van der Waals surface area contributed by atoms with Gasteiger partial charge >= 0.3 is 0 Å². The maximum atomic E-state index is 13.7. The molecule has 5 heteroatoms. The standard InChI is InChI=1S/C19H19FN2O2/c1-12-10-15(12)18(23)21-17-9-8-13(20)11-16(17)19(24)22(2)14-6-4-3-5-7-14/h3-9,11-12,15H,10H2,1-2H3,(H,21,23)/t12-,15-/m0/s1. The minimum atomic E-state index is -0.516. The van der Waals surface area contributed by atoms with Gasteiger partial charge in [0.1, 0.15) is 5.82 Å². The van der Waals surface area contributed by atoms with Gasteiger partial charge in [0.25, 0.3) is 5.91 Å². The minimum absolute atomic E-state index is 0.0233. The third-order valence-corrected chi connectivity index (χ3v) is 4.36. The number of nitrogens with one attached hydrogen (secondary N) is 1. The highest BCUT2D eigenvalue weighted by Crippen LogP contribution is 2.38. The first-order valence-corrected chi connectivity index (χ1v) is 7.91. The van der Waals surface area contributed by atoms with E-state index >= 15 is 0 Å². The average Bonchev–Trinajstić information content (AvgIpc) is 3.33. The van der Waals surface area contributed by atoms with Crippen LogP contribution in [0.1, 0.15) is 23.7 Å².